The van der Waals surface area contributed by atoms with Crippen molar-refractivity contribution >= 4 is 33.7 Å². The molecule has 8 nitrogen and oxygen atoms in total. The molecule has 0 aliphatic carbocycles. The molecule has 31 heavy (non-hydrogen) atoms. The molecule has 0 aromatic heterocycles. The Kier molecular flexibility index (Phi) is 9.33. The maximum atomic E-state index is 12.3. The zero-order chi connectivity index (χ0) is 22.8. The van der Waals surface area contributed by atoms with Gasteiger partial charge in [-0.2, -0.15) is 0 Å². The van der Waals surface area contributed by atoms with E-state index < -0.39 is 24.4 Å². The molecule has 0 radical (unpaired) electrons. The second-order valence-corrected chi connectivity index (χ2v) is 7.80. The van der Waals surface area contributed by atoms with Crippen LogP contribution >= 0.6 is 15.9 Å². The molecular weight excluding hydrogens is 468 g/mol. The van der Waals surface area contributed by atoms with Gasteiger partial charge in [0.15, 0.2) is 18.1 Å². The molecule has 2 N–H and O–H groups in total. The summed E-state index contributed by atoms with van der Waals surface area (Å²) >= 11 is 3.28. The SMILES string of the molecule is CCOc1cc(C(=O)OCC(=O)NNC(=O)c2ccc(Br)cc2)ccc1OCC(C)C. The van der Waals surface area contributed by atoms with Gasteiger partial charge >= 0.3 is 5.97 Å². The fourth-order valence-electron chi connectivity index (χ4n) is 2.33. The van der Waals surface area contributed by atoms with E-state index in [1.807, 2.05) is 20.8 Å². The smallest absolute Gasteiger partial charge is 0.338 e. The molecule has 0 saturated carbocycles. The van der Waals surface area contributed by atoms with Gasteiger partial charge in [-0.15, -0.1) is 0 Å². The van der Waals surface area contributed by atoms with Crippen molar-refractivity contribution in [1.29, 1.82) is 0 Å². The summed E-state index contributed by atoms with van der Waals surface area (Å²) in [6, 6.07) is 11.3. The molecule has 0 aliphatic rings. The summed E-state index contributed by atoms with van der Waals surface area (Å²) in [5.41, 5.74) is 5.03. The van der Waals surface area contributed by atoms with E-state index in [4.69, 9.17) is 14.2 Å². The van der Waals surface area contributed by atoms with Crippen LogP contribution in [0.25, 0.3) is 0 Å². The van der Waals surface area contributed by atoms with E-state index in [9.17, 15) is 14.4 Å². The number of halogens is 1. The Balaban J connectivity index is 1.87. The summed E-state index contributed by atoms with van der Waals surface area (Å²) in [4.78, 5) is 36.1. The number of hydrogen-bond acceptors (Lipinski definition) is 6. The van der Waals surface area contributed by atoms with Gasteiger partial charge < -0.3 is 14.2 Å². The summed E-state index contributed by atoms with van der Waals surface area (Å²) in [6.45, 7) is 6.23. The summed E-state index contributed by atoms with van der Waals surface area (Å²) in [7, 11) is 0. The molecule has 0 bridgehead atoms. The van der Waals surface area contributed by atoms with E-state index in [-0.39, 0.29) is 5.56 Å². The van der Waals surface area contributed by atoms with Crippen LogP contribution in [0.2, 0.25) is 0 Å². The second kappa shape index (κ2) is 11.9. The first kappa shape index (κ1) is 24.2. The van der Waals surface area contributed by atoms with Crippen molar-refractivity contribution in [1.82, 2.24) is 10.9 Å². The molecule has 0 saturated heterocycles. The van der Waals surface area contributed by atoms with Gasteiger partial charge in [-0.1, -0.05) is 29.8 Å². The van der Waals surface area contributed by atoms with Crippen LogP contribution in [0, 0.1) is 5.92 Å². The van der Waals surface area contributed by atoms with Gasteiger partial charge in [0.2, 0.25) is 0 Å². The van der Waals surface area contributed by atoms with Crippen LogP contribution in [0.4, 0.5) is 0 Å². The highest BCUT2D eigenvalue weighted by molar-refractivity contribution is 9.10. The molecule has 0 fully saturated rings. The number of hydrogen-bond donors (Lipinski definition) is 2. The standard InChI is InChI=1S/C22H25BrN2O6/c1-4-29-19-11-16(7-10-18(19)30-12-14(2)3)22(28)31-13-20(26)24-25-21(27)15-5-8-17(23)9-6-15/h5-11,14H,4,12-13H2,1-3H3,(H,24,26)(H,25,27). The first-order valence-corrected chi connectivity index (χ1v) is 10.5. The van der Waals surface area contributed by atoms with Crippen molar-refractivity contribution in [3.05, 3.63) is 58.1 Å². The molecule has 166 valence electrons. The molecule has 0 unspecified atom stereocenters. The Hall–Kier alpha value is -3.07. The Morgan fingerprint density at radius 1 is 0.935 bits per heavy atom. The Bertz CT molecular complexity index is 915. The number of hydrazine groups is 1. The minimum atomic E-state index is -0.703. The van der Waals surface area contributed by atoms with Crippen LogP contribution in [0.3, 0.4) is 0 Å². The van der Waals surface area contributed by atoms with E-state index in [1.165, 1.54) is 12.1 Å². The lowest BCUT2D eigenvalue weighted by Crippen LogP contribution is -2.43. The quantitative estimate of drug-likeness (QED) is 0.410. The summed E-state index contributed by atoms with van der Waals surface area (Å²) in [6.07, 6.45) is 0. The number of carbonyl (C=O) groups is 3. The van der Waals surface area contributed by atoms with Crippen molar-refractivity contribution in [2.75, 3.05) is 19.8 Å². The lowest BCUT2D eigenvalue weighted by molar-refractivity contribution is -0.125. The van der Waals surface area contributed by atoms with E-state index in [0.717, 1.165) is 4.47 Å². The first-order chi connectivity index (χ1) is 14.8. The zero-order valence-corrected chi connectivity index (χ0v) is 19.2. The number of nitrogens with one attached hydrogen (secondary N) is 2. The lowest BCUT2D eigenvalue weighted by Gasteiger charge is -2.14. The lowest BCUT2D eigenvalue weighted by atomic mass is 10.2. The largest absolute Gasteiger partial charge is 0.490 e. The molecular formula is C22H25BrN2O6. The molecule has 0 spiro atoms. The highest BCUT2D eigenvalue weighted by atomic mass is 79.9. The summed E-state index contributed by atoms with van der Waals surface area (Å²) in [5.74, 6) is -0.594. The van der Waals surface area contributed by atoms with Crippen LogP contribution < -0.4 is 20.3 Å². The molecule has 2 rings (SSSR count). The third-order valence-corrected chi connectivity index (χ3v) is 4.34. The van der Waals surface area contributed by atoms with Crippen LogP contribution in [-0.4, -0.2) is 37.6 Å². The number of ether oxygens (including phenoxy) is 3. The highest BCUT2D eigenvalue weighted by Gasteiger charge is 2.15. The van der Waals surface area contributed by atoms with Crippen molar-refractivity contribution in [2.45, 2.75) is 20.8 Å². The summed E-state index contributed by atoms with van der Waals surface area (Å²) in [5, 5.41) is 0. The second-order valence-electron chi connectivity index (χ2n) is 6.88. The first-order valence-electron chi connectivity index (χ1n) is 9.71. The van der Waals surface area contributed by atoms with Crippen LogP contribution in [0.1, 0.15) is 41.5 Å². The molecule has 0 atom stereocenters. The average molecular weight is 493 g/mol. The predicted molar refractivity (Wildman–Crippen MR) is 118 cm³/mol. The number of rotatable bonds is 9. The highest BCUT2D eigenvalue weighted by Crippen LogP contribution is 2.29. The van der Waals surface area contributed by atoms with Crippen molar-refractivity contribution < 1.29 is 28.6 Å². The fourth-order valence-corrected chi connectivity index (χ4v) is 2.59. The monoisotopic (exact) mass is 492 g/mol. The molecule has 2 amide bonds. The Labute approximate surface area is 189 Å². The maximum absolute atomic E-state index is 12.3. The third kappa shape index (κ3) is 7.93. The Morgan fingerprint density at radius 3 is 2.26 bits per heavy atom. The van der Waals surface area contributed by atoms with Gasteiger partial charge in [-0.05, 0) is 55.3 Å². The third-order valence-electron chi connectivity index (χ3n) is 3.81. The molecule has 2 aromatic carbocycles. The topological polar surface area (TPSA) is 103 Å². The zero-order valence-electron chi connectivity index (χ0n) is 17.6. The van der Waals surface area contributed by atoms with E-state index in [0.29, 0.717) is 36.2 Å². The number of carbonyl (C=O) groups excluding carboxylic acids is 3. The van der Waals surface area contributed by atoms with Gasteiger partial charge in [0.05, 0.1) is 18.8 Å². The van der Waals surface area contributed by atoms with E-state index in [2.05, 4.69) is 26.8 Å². The van der Waals surface area contributed by atoms with Gasteiger partial charge in [0, 0.05) is 10.0 Å². The van der Waals surface area contributed by atoms with Gasteiger partial charge in [0.25, 0.3) is 11.8 Å². The Morgan fingerprint density at radius 2 is 1.61 bits per heavy atom. The van der Waals surface area contributed by atoms with Crippen LogP contribution in [0.15, 0.2) is 46.9 Å². The number of benzene rings is 2. The molecule has 2 aromatic rings. The number of esters is 1. The van der Waals surface area contributed by atoms with Crippen LogP contribution in [-0.2, 0) is 9.53 Å². The van der Waals surface area contributed by atoms with Crippen LogP contribution in [0.5, 0.6) is 11.5 Å². The summed E-state index contributed by atoms with van der Waals surface area (Å²) < 4.78 is 17.1. The average Bonchev–Trinajstić information content (AvgIpc) is 2.75. The molecule has 0 heterocycles. The van der Waals surface area contributed by atoms with Gasteiger partial charge in [-0.25, -0.2) is 4.79 Å². The minimum absolute atomic E-state index is 0.215. The van der Waals surface area contributed by atoms with Crippen molar-refractivity contribution in [3.63, 3.8) is 0 Å². The molecule has 0 aliphatic heterocycles. The predicted octanol–water partition coefficient (Wildman–Crippen LogP) is 3.50. The number of amides is 2. The van der Waals surface area contributed by atoms with E-state index in [1.54, 1.807) is 30.3 Å². The minimum Gasteiger partial charge on any atom is -0.490 e. The van der Waals surface area contributed by atoms with Gasteiger partial charge in [-0.3, -0.25) is 20.4 Å². The fraction of sp³-hybridized carbons (Fsp3) is 0.318. The van der Waals surface area contributed by atoms with Gasteiger partial charge in [0.1, 0.15) is 0 Å². The van der Waals surface area contributed by atoms with Crippen molar-refractivity contribution in [2.24, 2.45) is 5.92 Å². The van der Waals surface area contributed by atoms with Crippen molar-refractivity contribution in [3.8, 4) is 11.5 Å². The van der Waals surface area contributed by atoms with E-state index >= 15 is 0 Å². The normalized spacial score (nSPS) is 10.4. The maximum Gasteiger partial charge on any atom is 0.338 e. The molecule has 9 heteroatoms.